The van der Waals surface area contributed by atoms with E-state index in [9.17, 15) is 0 Å². The third kappa shape index (κ3) is 3.68. The fourth-order valence-electron chi connectivity index (χ4n) is 2.26. The smallest absolute Gasteiger partial charge is 0.126 e. The predicted octanol–water partition coefficient (Wildman–Crippen LogP) is 4.75. The highest BCUT2D eigenvalue weighted by Gasteiger charge is 2.09. The minimum atomic E-state index is 0.251. The van der Waals surface area contributed by atoms with Gasteiger partial charge in [0.1, 0.15) is 5.75 Å². The Morgan fingerprint density at radius 2 is 1.70 bits per heavy atom. The highest BCUT2D eigenvalue weighted by molar-refractivity contribution is 7.99. The lowest BCUT2D eigenvalue weighted by Gasteiger charge is -2.16. The van der Waals surface area contributed by atoms with Crippen LogP contribution in [-0.2, 0) is 4.74 Å². The Balaban J connectivity index is 2.19. The summed E-state index contributed by atoms with van der Waals surface area (Å²) >= 11 is 1.84. The summed E-state index contributed by atoms with van der Waals surface area (Å²) in [6.45, 7) is 6.27. The second-order valence-corrected chi connectivity index (χ2v) is 6.18. The van der Waals surface area contributed by atoms with E-state index in [0.29, 0.717) is 0 Å². The van der Waals surface area contributed by atoms with Crippen LogP contribution >= 0.6 is 11.8 Å². The summed E-state index contributed by atoms with van der Waals surface area (Å²) < 4.78 is 11.2. The average Bonchev–Trinajstić information content (AvgIpc) is 2.44. The first-order valence-corrected chi connectivity index (χ1v) is 7.94. The summed E-state index contributed by atoms with van der Waals surface area (Å²) in [7, 11) is 1.72. The zero-order chi connectivity index (χ0) is 14.5. The molecule has 2 nitrogen and oxygen atoms in total. The lowest BCUT2D eigenvalue weighted by Crippen LogP contribution is -2.16. The van der Waals surface area contributed by atoms with Crippen LogP contribution in [0.5, 0.6) is 5.75 Å². The van der Waals surface area contributed by atoms with Crippen LogP contribution < -0.4 is 4.74 Å². The summed E-state index contributed by atoms with van der Waals surface area (Å²) in [6.07, 6.45) is 0.527. The van der Waals surface area contributed by atoms with E-state index in [-0.39, 0.29) is 12.2 Å². The van der Waals surface area contributed by atoms with Crippen LogP contribution in [0.3, 0.4) is 0 Å². The monoisotopic (exact) mass is 290 g/mol. The Kier molecular flexibility index (Phi) is 5.32. The maximum absolute atomic E-state index is 5.78. The molecular weight excluding hydrogens is 268 g/mol. The molecule has 0 aliphatic carbocycles. The molecule has 0 fully saturated rings. The molecule has 0 spiro atoms. The molecule has 0 aliphatic rings. The van der Waals surface area contributed by atoms with E-state index in [1.54, 1.807) is 7.11 Å². The van der Waals surface area contributed by atoms with E-state index in [1.165, 1.54) is 10.3 Å². The lowest BCUT2D eigenvalue weighted by molar-refractivity contribution is 0.0327. The fraction of sp³-hybridized carbons (Fsp3) is 0.412. The van der Waals surface area contributed by atoms with Gasteiger partial charge < -0.3 is 9.47 Å². The number of benzene rings is 2. The van der Waals surface area contributed by atoms with E-state index >= 15 is 0 Å². The number of hydrogen-bond acceptors (Lipinski definition) is 3. The molecule has 0 saturated heterocycles. The van der Waals surface area contributed by atoms with Gasteiger partial charge in [-0.05, 0) is 38.3 Å². The van der Waals surface area contributed by atoms with Crippen LogP contribution in [0.15, 0.2) is 41.3 Å². The molecule has 1 unspecified atom stereocenters. The predicted molar refractivity (Wildman–Crippen MR) is 86.9 cm³/mol. The Hall–Kier alpha value is -1.19. The van der Waals surface area contributed by atoms with Gasteiger partial charge in [0, 0.05) is 16.0 Å². The van der Waals surface area contributed by atoms with Gasteiger partial charge in [0.25, 0.3) is 0 Å². The van der Waals surface area contributed by atoms with Gasteiger partial charge >= 0.3 is 0 Å². The van der Waals surface area contributed by atoms with E-state index in [0.717, 1.165) is 16.9 Å². The number of methoxy groups -OCH3 is 1. The van der Waals surface area contributed by atoms with Crippen LogP contribution in [0.1, 0.15) is 20.8 Å². The maximum atomic E-state index is 5.78. The Labute approximate surface area is 125 Å². The highest BCUT2D eigenvalue weighted by Crippen LogP contribution is 2.34. The van der Waals surface area contributed by atoms with Crippen molar-refractivity contribution in [2.24, 2.45) is 0 Å². The molecule has 0 radical (unpaired) electrons. The Bertz CT molecular complexity index is 566. The zero-order valence-electron chi connectivity index (χ0n) is 12.6. The van der Waals surface area contributed by atoms with Gasteiger partial charge in [0.05, 0.1) is 19.3 Å². The van der Waals surface area contributed by atoms with Crippen molar-refractivity contribution >= 4 is 22.5 Å². The highest BCUT2D eigenvalue weighted by atomic mass is 32.2. The minimum Gasteiger partial charge on any atom is -0.496 e. The number of thioether (sulfide) groups is 1. The normalized spacial score (nSPS) is 12.8. The molecule has 3 heteroatoms. The molecule has 20 heavy (non-hydrogen) atoms. The molecule has 0 bridgehead atoms. The molecule has 108 valence electrons. The van der Waals surface area contributed by atoms with Crippen LogP contribution in [-0.4, -0.2) is 25.1 Å². The third-order valence-electron chi connectivity index (χ3n) is 3.04. The van der Waals surface area contributed by atoms with Gasteiger partial charge in [-0.25, -0.2) is 0 Å². The summed E-state index contributed by atoms with van der Waals surface area (Å²) in [5.41, 5.74) is 0. The van der Waals surface area contributed by atoms with E-state index in [2.05, 4.69) is 45.0 Å². The van der Waals surface area contributed by atoms with Crippen molar-refractivity contribution in [3.8, 4) is 5.75 Å². The van der Waals surface area contributed by atoms with Gasteiger partial charge in [-0.2, -0.15) is 0 Å². The first-order chi connectivity index (χ1) is 9.61. The van der Waals surface area contributed by atoms with Crippen LogP contribution in [0.2, 0.25) is 0 Å². The zero-order valence-corrected chi connectivity index (χ0v) is 13.4. The summed E-state index contributed by atoms with van der Waals surface area (Å²) in [6, 6.07) is 12.5. The largest absolute Gasteiger partial charge is 0.496 e. The topological polar surface area (TPSA) is 18.5 Å². The molecule has 0 N–H and O–H groups in total. The molecule has 2 aromatic rings. The summed E-state index contributed by atoms with van der Waals surface area (Å²) in [5, 5.41) is 2.41. The van der Waals surface area contributed by atoms with Crippen molar-refractivity contribution in [2.45, 2.75) is 37.9 Å². The van der Waals surface area contributed by atoms with Gasteiger partial charge in [-0.3, -0.25) is 0 Å². The molecule has 0 saturated carbocycles. The second kappa shape index (κ2) is 7.00. The van der Waals surface area contributed by atoms with Crippen molar-refractivity contribution in [1.82, 2.24) is 0 Å². The molecule has 0 amide bonds. The third-order valence-corrected chi connectivity index (χ3v) is 4.35. The number of hydrogen-bond donors (Lipinski definition) is 0. The van der Waals surface area contributed by atoms with Crippen molar-refractivity contribution in [1.29, 1.82) is 0 Å². The van der Waals surface area contributed by atoms with Gasteiger partial charge in [-0.1, -0.05) is 24.3 Å². The maximum Gasteiger partial charge on any atom is 0.126 e. The van der Waals surface area contributed by atoms with E-state index in [1.807, 2.05) is 23.9 Å². The summed E-state index contributed by atoms with van der Waals surface area (Å²) in [4.78, 5) is 1.28. The van der Waals surface area contributed by atoms with Crippen LogP contribution in [0.25, 0.3) is 10.8 Å². The SMILES string of the molecule is COc1ccc(SCC(C)OC(C)C)c2ccccc12. The average molecular weight is 290 g/mol. The van der Waals surface area contributed by atoms with E-state index < -0.39 is 0 Å². The van der Waals surface area contributed by atoms with Gasteiger partial charge in [0.2, 0.25) is 0 Å². The van der Waals surface area contributed by atoms with Crippen molar-refractivity contribution in [3.05, 3.63) is 36.4 Å². The van der Waals surface area contributed by atoms with Gasteiger partial charge in [0.15, 0.2) is 0 Å². The molecule has 2 aromatic carbocycles. The van der Waals surface area contributed by atoms with Crippen LogP contribution in [0, 0.1) is 0 Å². The van der Waals surface area contributed by atoms with Crippen molar-refractivity contribution in [2.75, 3.05) is 12.9 Å². The molecule has 0 aromatic heterocycles. The fourth-order valence-corrected chi connectivity index (χ4v) is 3.25. The number of fused-ring (bicyclic) bond motifs is 1. The number of rotatable bonds is 6. The first kappa shape index (κ1) is 15.2. The first-order valence-electron chi connectivity index (χ1n) is 6.95. The van der Waals surface area contributed by atoms with Crippen molar-refractivity contribution in [3.63, 3.8) is 0 Å². The molecule has 1 atom stereocenters. The summed E-state index contributed by atoms with van der Waals surface area (Å²) in [5.74, 6) is 1.88. The van der Waals surface area contributed by atoms with E-state index in [4.69, 9.17) is 9.47 Å². The Morgan fingerprint density at radius 1 is 1.00 bits per heavy atom. The number of ether oxygens (including phenoxy) is 2. The molecule has 0 heterocycles. The van der Waals surface area contributed by atoms with Crippen molar-refractivity contribution < 1.29 is 9.47 Å². The second-order valence-electron chi connectivity index (χ2n) is 5.12. The molecule has 2 rings (SSSR count). The van der Waals surface area contributed by atoms with Crippen LogP contribution in [0.4, 0.5) is 0 Å². The molecule has 0 aliphatic heterocycles. The lowest BCUT2D eigenvalue weighted by atomic mass is 10.1. The van der Waals surface area contributed by atoms with Gasteiger partial charge in [-0.15, -0.1) is 11.8 Å². The minimum absolute atomic E-state index is 0.251. The quantitative estimate of drug-likeness (QED) is 0.715. The standard InChI is InChI=1S/C17H22O2S/c1-12(2)19-13(3)11-20-17-10-9-16(18-4)14-7-5-6-8-15(14)17/h5-10,12-13H,11H2,1-4H3. The molecular formula is C17H22O2S. The Morgan fingerprint density at radius 3 is 2.35 bits per heavy atom.